The van der Waals surface area contributed by atoms with Crippen molar-refractivity contribution < 1.29 is 14.2 Å². The van der Waals surface area contributed by atoms with Gasteiger partial charge in [-0.15, -0.1) is 0 Å². The first-order valence-corrected chi connectivity index (χ1v) is 10.5. The third kappa shape index (κ3) is 4.52. The average Bonchev–Trinajstić information content (AvgIpc) is 3.17. The monoisotopic (exact) mass is 416 g/mol. The van der Waals surface area contributed by atoms with E-state index in [0.29, 0.717) is 18.0 Å². The number of nitrogens with one attached hydrogen (secondary N) is 1. The topological polar surface area (TPSA) is 69.5 Å². The minimum atomic E-state index is 0.691. The number of H-pyrrole nitrogens is 1. The normalized spacial score (nSPS) is 10.9. The van der Waals surface area contributed by atoms with Gasteiger partial charge in [0.2, 0.25) is 0 Å². The molecule has 0 aliphatic carbocycles. The smallest absolute Gasteiger partial charge is 0.161 e. The molecule has 0 amide bonds. The molecule has 0 aliphatic rings. The molecule has 0 saturated carbocycles. The zero-order chi connectivity index (χ0) is 21.6. The summed E-state index contributed by atoms with van der Waals surface area (Å²) in [5.41, 5.74) is 10.2. The zero-order valence-corrected chi connectivity index (χ0v) is 18.0. The van der Waals surface area contributed by atoms with Gasteiger partial charge in [-0.1, -0.05) is 18.2 Å². The highest BCUT2D eigenvalue weighted by Crippen LogP contribution is 2.38. The van der Waals surface area contributed by atoms with Crippen LogP contribution in [0.1, 0.15) is 18.4 Å². The number of rotatable bonds is 9. The molecule has 4 rings (SSSR count). The van der Waals surface area contributed by atoms with Crippen molar-refractivity contribution in [1.82, 2.24) is 4.98 Å². The van der Waals surface area contributed by atoms with Gasteiger partial charge >= 0.3 is 0 Å². The Morgan fingerprint density at radius 1 is 0.806 bits per heavy atom. The Hall–Kier alpha value is -3.44. The molecule has 0 bridgehead atoms. The molecule has 0 fully saturated rings. The molecule has 5 nitrogen and oxygen atoms in total. The zero-order valence-electron chi connectivity index (χ0n) is 18.0. The molecule has 4 aromatic rings. The van der Waals surface area contributed by atoms with Crippen LogP contribution in [0.4, 0.5) is 0 Å². The Morgan fingerprint density at radius 2 is 1.61 bits per heavy atom. The molecule has 0 aliphatic heterocycles. The molecule has 31 heavy (non-hydrogen) atoms. The SMILES string of the molecule is COc1ccc(-c2[nH]c3ccc(Oc4ccccc4)cc3c2CCCCN)cc1OC. The summed E-state index contributed by atoms with van der Waals surface area (Å²) in [6.07, 6.45) is 2.93. The Morgan fingerprint density at radius 3 is 2.35 bits per heavy atom. The lowest BCUT2D eigenvalue weighted by Gasteiger charge is -2.11. The van der Waals surface area contributed by atoms with Crippen molar-refractivity contribution in [3.63, 3.8) is 0 Å². The molecule has 0 radical (unpaired) electrons. The number of unbranched alkanes of at least 4 members (excludes halogenated alkanes) is 1. The number of fused-ring (bicyclic) bond motifs is 1. The van der Waals surface area contributed by atoms with E-state index in [9.17, 15) is 0 Å². The van der Waals surface area contributed by atoms with Crippen molar-refractivity contribution >= 4 is 10.9 Å². The van der Waals surface area contributed by atoms with Crippen LogP contribution in [0.15, 0.2) is 66.7 Å². The quantitative estimate of drug-likeness (QED) is 0.332. The Kier molecular flexibility index (Phi) is 6.43. The van der Waals surface area contributed by atoms with E-state index in [-0.39, 0.29) is 0 Å². The summed E-state index contributed by atoms with van der Waals surface area (Å²) in [5.74, 6) is 3.06. The number of benzene rings is 3. The highest BCUT2D eigenvalue weighted by atomic mass is 16.5. The van der Waals surface area contributed by atoms with Crippen LogP contribution in [0.3, 0.4) is 0 Å². The van der Waals surface area contributed by atoms with Gasteiger partial charge in [0.05, 0.1) is 14.2 Å². The molecule has 3 N–H and O–H groups in total. The lowest BCUT2D eigenvalue weighted by Crippen LogP contribution is -1.99. The third-order valence-electron chi connectivity index (χ3n) is 5.41. The van der Waals surface area contributed by atoms with E-state index in [4.69, 9.17) is 19.9 Å². The standard InChI is InChI=1S/C26H28N2O3/c1-29-24-14-11-18(16-25(24)30-2)26-21(10-6-7-15-27)22-17-20(12-13-23(22)28-26)31-19-8-4-3-5-9-19/h3-5,8-9,11-14,16-17,28H,6-7,10,15,27H2,1-2H3. The number of nitrogens with two attached hydrogens (primary N) is 1. The van der Waals surface area contributed by atoms with Gasteiger partial charge in [-0.2, -0.15) is 0 Å². The van der Waals surface area contributed by atoms with Crippen LogP contribution in [0.5, 0.6) is 23.0 Å². The average molecular weight is 417 g/mol. The predicted molar refractivity (Wildman–Crippen MR) is 125 cm³/mol. The highest BCUT2D eigenvalue weighted by molar-refractivity contribution is 5.92. The maximum atomic E-state index is 6.08. The lowest BCUT2D eigenvalue weighted by molar-refractivity contribution is 0.355. The van der Waals surface area contributed by atoms with Gasteiger partial charge in [-0.25, -0.2) is 0 Å². The van der Waals surface area contributed by atoms with Crippen molar-refractivity contribution in [2.24, 2.45) is 5.73 Å². The Bertz CT molecular complexity index is 1150. The van der Waals surface area contributed by atoms with E-state index >= 15 is 0 Å². The summed E-state index contributed by atoms with van der Waals surface area (Å²) < 4.78 is 17.0. The largest absolute Gasteiger partial charge is 0.493 e. The number of hydrogen-bond donors (Lipinski definition) is 2. The first-order chi connectivity index (χ1) is 15.2. The van der Waals surface area contributed by atoms with Gasteiger partial charge in [0.1, 0.15) is 11.5 Å². The molecule has 5 heteroatoms. The van der Waals surface area contributed by atoms with Gasteiger partial charge in [0.25, 0.3) is 0 Å². The van der Waals surface area contributed by atoms with Crippen molar-refractivity contribution in [1.29, 1.82) is 0 Å². The van der Waals surface area contributed by atoms with Gasteiger partial charge in [-0.05, 0) is 79.9 Å². The van der Waals surface area contributed by atoms with Crippen molar-refractivity contribution in [2.75, 3.05) is 20.8 Å². The number of aromatic nitrogens is 1. The number of para-hydroxylation sites is 1. The highest BCUT2D eigenvalue weighted by Gasteiger charge is 2.16. The summed E-state index contributed by atoms with van der Waals surface area (Å²) in [6.45, 7) is 0.691. The molecule has 0 atom stereocenters. The van der Waals surface area contributed by atoms with Gasteiger partial charge in [0, 0.05) is 22.2 Å². The van der Waals surface area contributed by atoms with Crippen LogP contribution in [-0.4, -0.2) is 25.7 Å². The lowest BCUT2D eigenvalue weighted by atomic mass is 10.00. The fourth-order valence-corrected chi connectivity index (χ4v) is 3.86. The van der Waals surface area contributed by atoms with Crippen LogP contribution in [0.25, 0.3) is 22.2 Å². The summed E-state index contributed by atoms with van der Waals surface area (Å²) in [5, 5.41) is 1.16. The fourth-order valence-electron chi connectivity index (χ4n) is 3.86. The van der Waals surface area contributed by atoms with Crippen molar-refractivity contribution in [2.45, 2.75) is 19.3 Å². The molecule has 0 saturated heterocycles. The van der Waals surface area contributed by atoms with Gasteiger partial charge in [-0.3, -0.25) is 0 Å². The van der Waals surface area contributed by atoms with Crippen molar-refractivity contribution in [3.8, 4) is 34.3 Å². The van der Waals surface area contributed by atoms with Crippen LogP contribution in [-0.2, 0) is 6.42 Å². The molecule has 0 spiro atoms. The number of aromatic amines is 1. The van der Waals surface area contributed by atoms with E-state index in [0.717, 1.165) is 52.9 Å². The molecule has 3 aromatic carbocycles. The molecule has 1 heterocycles. The van der Waals surface area contributed by atoms with Crippen molar-refractivity contribution in [3.05, 3.63) is 72.3 Å². The Balaban J connectivity index is 1.78. The summed E-state index contributed by atoms with van der Waals surface area (Å²) in [4.78, 5) is 3.60. The third-order valence-corrected chi connectivity index (χ3v) is 5.41. The summed E-state index contributed by atoms with van der Waals surface area (Å²) in [6, 6.07) is 22.0. The molecule has 1 aromatic heterocycles. The van der Waals surface area contributed by atoms with Crippen LogP contribution in [0.2, 0.25) is 0 Å². The number of aryl methyl sites for hydroxylation is 1. The van der Waals surface area contributed by atoms with Crippen LogP contribution >= 0.6 is 0 Å². The number of methoxy groups -OCH3 is 2. The number of ether oxygens (including phenoxy) is 3. The second-order valence-corrected chi connectivity index (χ2v) is 7.42. The maximum Gasteiger partial charge on any atom is 0.161 e. The molecular formula is C26H28N2O3. The fraction of sp³-hybridized carbons (Fsp3) is 0.231. The summed E-state index contributed by atoms with van der Waals surface area (Å²) in [7, 11) is 3.30. The molecular weight excluding hydrogens is 388 g/mol. The van der Waals surface area contributed by atoms with Gasteiger partial charge in [0.15, 0.2) is 11.5 Å². The minimum absolute atomic E-state index is 0.691. The van der Waals surface area contributed by atoms with E-state index in [1.54, 1.807) is 14.2 Å². The summed E-state index contributed by atoms with van der Waals surface area (Å²) >= 11 is 0. The van der Waals surface area contributed by atoms with Gasteiger partial charge < -0.3 is 24.9 Å². The van der Waals surface area contributed by atoms with E-state index in [1.165, 1.54) is 5.56 Å². The Labute approximate surface area is 182 Å². The molecule has 160 valence electrons. The predicted octanol–water partition coefficient (Wildman–Crippen LogP) is 5.93. The minimum Gasteiger partial charge on any atom is -0.493 e. The first kappa shape index (κ1) is 20.8. The first-order valence-electron chi connectivity index (χ1n) is 10.5. The number of hydrogen-bond acceptors (Lipinski definition) is 4. The second kappa shape index (κ2) is 9.58. The second-order valence-electron chi connectivity index (χ2n) is 7.42. The van der Waals surface area contributed by atoms with Crippen LogP contribution in [0, 0.1) is 0 Å². The molecule has 0 unspecified atom stereocenters. The van der Waals surface area contributed by atoms with E-state index in [1.807, 2.05) is 48.5 Å². The van der Waals surface area contributed by atoms with E-state index < -0.39 is 0 Å². The van der Waals surface area contributed by atoms with E-state index in [2.05, 4.69) is 23.2 Å². The van der Waals surface area contributed by atoms with Crippen LogP contribution < -0.4 is 19.9 Å². The maximum absolute atomic E-state index is 6.08.